The molecule has 0 aliphatic rings. The van der Waals surface area contributed by atoms with Gasteiger partial charge in [-0.05, 0) is 26.0 Å². The van der Waals surface area contributed by atoms with Crippen molar-refractivity contribution in [2.24, 2.45) is 0 Å². The van der Waals surface area contributed by atoms with Crippen LogP contribution in [0.2, 0.25) is 0 Å². The summed E-state index contributed by atoms with van der Waals surface area (Å²) < 4.78 is 17.6. The van der Waals surface area contributed by atoms with E-state index in [1.165, 1.54) is 0 Å². The number of benzene rings is 1. The van der Waals surface area contributed by atoms with E-state index >= 15 is 0 Å². The van der Waals surface area contributed by atoms with E-state index in [2.05, 4.69) is 0 Å². The molecule has 0 fully saturated rings. The SMILES string of the molecule is CC(C)Oc1ccccc1SF. The predicted octanol–water partition coefficient (Wildman–Crippen LogP) is 3.45. The molecule has 0 aliphatic heterocycles. The summed E-state index contributed by atoms with van der Waals surface area (Å²) in [5, 5.41) is 0. The molecule has 0 aromatic heterocycles. The Morgan fingerprint density at radius 3 is 2.58 bits per heavy atom. The zero-order valence-electron chi connectivity index (χ0n) is 7.08. The molecule has 0 unspecified atom stereocenters. The first-order valence-corrected chi connectivity index (χ1v) is 4.50. The average Bonchev–Trinajstić information content (AvgIpc) is 2.04. The van der Waals surface area contributed by atoms with Crippen LogP contribution in [0.5, 0.6) is 5.75 Å². The molecule has 0 heterocycles. The lowest BCUT2D eigenvalue weighted by Crippen LogP contribution is -2.05. The normalized spacial score (nSPS) is 10.3. The third-order valence-electron chi connectivity index (χ3n) is 1.29. The van der Waals surface area contributed by atoms with E-state index in [4.69, 9.17) is 4.74 Å². The van der Waals surface area contributed by atoms with Gasteiger partial charge in [-0.3, -0.25) is 0 Å². The number of para-hydroxylation sites is 1. The van der Waals surface area contributed by atoms with E-state index in [9.17, 15) is 3.89 Å². The Hall–Kier alpha value is -0.700. The third-order valence-corrected chi connectivity index (χ3v) is 1.80. The number of rotatable bonds is 3. The second-order valence-electron chi connectivity index (χ2n) is 2.69. The van der Waals surface area contributed by atoms with Crippen LogP contribution < -0.4 is 4.74 Å². The fraction of sp³-hybridized carbons (Fsp3) is 0.333. The Bertz CT molecular complexity index is 250. The molecule has 1 aromatic carbocycles. The topological polar surface area (TPSA) is 9.23 Å². The molecule has 0 amide bonds. The Labute approximate surface area is 76.2 Å². The van der Waals surface area contributed by atoms with Gasteiger partial charge in [0, 0.05) is 0 Å². The quantitative estimate of drug-likeness (QED) is 0.715. The van der Waals surface area contributed by atoms with Crippen molar-refractivity contribution in [1.82, 2.24) is 0 Å². The van der Waals surface area contributed by atoms with Gasteiger partial charge >= 0.3 is 0 Å². The average molecular weight is 186 g/mol. The van der Waals surface area contributed by atoms with Gasteiger partial charge in [0.2, 0.25) is 0 Å². The first kappa shape index (κ1) is 9.39. The van der Waals surface area contributed by atoms with Crippen LogP contribution in [-0.4, -0.2) is 6.10 Å². The van der Waals surface area contributed by atoms with Crippen molar-refractivity contribution < 1.29 is 8.62 Å². The number of halogens is 1. The van der Waals surface area contributed by atoms with E-state index in [1.807, 2.05) is 19.9 Å². The highest BCUT2D eigenvalue weighted by atomic mass is 32.2. The molecule has 3 heteroatoms. The molecule has 1 nitrogen and oxygen atoms in total. The van der Waals surface area contributed by atoms with Gasteiger partial charge in [0.1, 0.15) is 5.75 Å². The summed E-state index contributed by atoms with van der Waals surface area (Å²) in [6.07, 6.45) is 0.0818. The molecular weight excluding hydrogens is 175 g/mol. The predicted molar refractivity (Wildman–Crippen MR) is 49.2 cm³/mol. The minimum absolute atomic E-state index is 0.0818. The fourth-order valence-electron chi connectivity index (χ4n) is 0.865. The Morgan fingerprint density at radius 1 is 1.33 bits per heavy atom. The van der Waals surface area contributed by atoms with Crippen molar-refractivity contribution >= 4 is 12.1 Å². The zero-order chi connectivity index (χ0) is 8.97. The lowest BCUT2D eigenvalue weighted by atomic mass is 10.3. The van der Waals surface area contributed by atoms with E-state index < -0.39 is 0 Å². The molecule has 0 saturated heterocycles. The van der Waals surface area contributed by atoms with Gasteiger partial charge in [-0.25, -0.2) is 0 Å². The molecule has 0 spiro atoms. The zero-order valence-corrected chi connectivity index (χ0v) is 7.90. The maximum absolute atomic E-state index is 12.3. The smallest absolute Gasteiger partial charge is 0.135 e. The second kappa shape index (κ2) is 4.36. The lowest BCUT2D eigenvalue weighted by Gasteiger charge is -2.11. The van der Waals surface area contributed by atoms with Crippen LogP contribution in [0.3, 0.4) is 0 Å². The molecule has 0 atom stereocenters. The molecule has 0 N–H and O–H groups in total. The van der Waals surface area contributed by atoms with E-state index in [-0.39, 0.29) is 18.3 Å². The molecular formula is C9H11FOS. The molecule has 12 heavy (non-hydrogen) atoms. The van der Waals surface area contributed by atoms with Crippen LogP contribution >= 0.6 is 12.1 Å². The van der Waals surface area contributed by atoms with E-state index in [0.717, 1.165) is 0 Å². The summed E-state index contributed by atoms with van der Waals surface area (Å²) in [5.74, 6) is 0.611. The summed E-state index contributed by atoms with van der Waals surface area (Å²) >= 11 is 0.212. The first-order valence-electron chi connectivity index (χ1n) is 3.78. The highest BCUT2D eigenvalue weighted by Gasteiger charge is 2.04. The van der Waals surface area contributed by atoms with Crippen LogP contribution in [0.1, 0.15) is 13.8 Å². The number of hydrogen-bond donors (Lipinski definition) is 0. The molecule has 0 radical (unpaired) electrons. The maximum atomic E-state index is 12.3. The summed E-state index contributed by atoms with van der Waals surface area (Å²) in [5.41, 5.74) is 0. The van der Waals surface area contributed by atoms with Crippen LogP contribution in [0.4, 0.5) is 3.89 Å². The van der Waals surface area contributed by atoms with Crippen LogP contribution in [0, 0.1) is 0 Å². The van der Waals surface area contributed by atoms with E-state index in [0.29, 0.717) is 10.6 Å². The summed E-state index contributed by atoms with van der Waals surface area (Å²) in [4.78, 5) is 0.534. The first-order chi connectivity index (χ1) is 5.74. The van der Waals surface area contributed by atoms with Gasteiger partial charge in [0.25, 0.3) is 0 Å². The van der Waals surface area contributed by atoms with E-state index in [1.54, 1.807) is 18.2 Å². The van der Waals surface area contributed by atoms with Crippen molar-refractivity contribution in [3.63, 3.8) is 0 Å². The monoisotopic (exact) mass is 186 g/mol. The van der Waals surface area contributed by atoms with Gasteiger partial charge in [0.05, 0.1) is 23.1 Å². The molecule has 0 bridgehead atoms. The maximum Gasteiger partial charge on any atom is 0.135 e. The highest BCUT2D eigenvalue weighted by molar-refractivity contribution is 7.94. The number of ether oxygens (including phenoxy) is 1. The highest BCUT2D eigenvalue weighted by Crippen LogP contribution is 2.29. The van der Waals surface area contributed by atoms with Gasteiger partial charge in [-0.2, -0.15) is 3.89 Å². The van der Waals surface area contributed by atoms with Crippen molar-refractivity contribution in [2.45, 2.75) is 24.8 Å². The third kappa shape index (κ3) is 2.41. The lowest BCUT2D eigenvalue weighted by molar-refractivity contribution is 0.236. The Kier molecular flexibility index (Phi) is 3.41. The Morgan fingerprint density at radius 2 is 2.00 bits per heavy atom. The Balaban J connectivity index is 2.82. The molecule has 0 aliphatic carbocycles. The minimum atomic E-state index is 0.0818. The van der Waals surface area contributed by atoms with Gasteiger partial charge < -0.3 is 4.74 Å². The molecule has 0 saturated carbocycles. The molecule has 1 aromatic rings. The summed E-state index contributed by atoms with van der Waals surface area (Å²) in [6.45, 7) is 3.83. The standard InChI is InChI=1S/C9H11FOS/c1-7(2)11-8-5-3-4-6-9(8)12-10/h3-7H,1-2H3. The summed E-state index contributed by atoms with van der Waals surface area (Å²) in [7, 11) is 0. The van der Waals surface area contributed by atoms with Gasteiger partial charge in [0.15, 0.2) is 0 Å². The van der Waals surface area contributed by atoms with Crippen LogP contribution in [0.15, 0.2) is 29.2 Å². The van der Waals surface area contributed by atoms with Crippen molar-refractivity contribution in [1.29, 1.82) is 0 Å². The molecule has 1 rings (SSSR count). The largest absolute Gasteiger partial charge is 0.490 e. The summed E-state index contributed by atoms with van der Waals surface area (Å²) in [6, 6.07) is 7.08. The van der Waals surface area contributed by atoms with Crippen LogP contribution in [-0.2, 0) is 0 Å². The van der Waals surface area contributed by atoms with Gasteiger partial charge in [-0.15, -0.1) is 0 Å². The van der Waals surface area contributed by atoms with Crippen molar-refractivity contribution in [3.8, 4) is 5.75 Å². The second-order valence-corrected chi connectivity index (χ2v) is 3.28. The number of hydrogen-bond acceptors (Lipinski definition) is 2. The van der Waals surface area contributed by atoms with Crippen LogP contribution in [0.25, 0.3) is 0 Å². The minimum Gasteiger partial charge on any atom is -0.490 e. The molecule has 66 valence electrons. The fourth-order valence-corrected chi connectivity index (χ4v) is 1.19. The van der Waals surface area contributed by atoms with Crippen molar-refractivity contribution in [2.75, 3.05) is 0 Å². The van der Waals surface area contributed by atoms with Crippen molar-refractivity contribution in [3.05, 3.63) is 24.3 Å². The van der Waals surface area contributed by atoms with Gasteiger partial charge in [-0.1, -0.05) is 12.1 Å².